The first kappa shape index (κ1) is 18.9. The van der Waals surface area contributed by atoms with Gasteiger partial charge in [-0.05, 0) is 12.0 Å². The maximum Gasteiger partial charge on any atom is 0.224 e. The summed E-state index contributed by atoms with van der Waals surface area (Å²) in [6.45, 7) is 5.18. The van der Waals surface area contributed by atoms with Gasteiger partial charge in [-0.3, -0.25) is 14.3 Å². The summed E-state index contributed by atoms with van der Waals surface area (Å²) in [7, 11) is -3.25. The van der Waals surface area contributed by atoms with Crippen molar-refractivity contribution in [2.45, 2.75) is 45.3 Å². The first-order valence-electron chi connectivity index (χ1n) is 9.03. The Morgan fingerprint density at radius 1 is 1.12 bits per heavy atom. The first-order chi connectivity index (χ1) is 12.3. The molecule has 0 bridgehead atoms. The monoisotopic (exact) mass is 382 g/mol. The Bertz CT molecular complexity index is 760. The van der Waals surface area contributed by atoms with E-state index >= 15 is 0 Å². The molecule has 3 rings (SSSR count). The number of hydrogen-bond donors (Lipinski definition) is 0. The van der Waals surface area contributed by atoms with Crippen LogP contribution in [0.5, 0.6) is 0 Å². The van der Waals surface area contributed by atoms with Crippen molar-refractivity contribution in [2.24, 2.45) is 5.92 Å². The number of nitrogens with zero attached hydrogens (tertiary/aromatic N) is 4. The largest absolute Gasteiger partial charge is 0.335 e. The molecule has 0 radical (unpaired) electrons. The van der Waals surface area contributed by atoms with E-state index in [4.69, 9.17) is 0 Å². The normalized spacial score (nSPS) is 24.7. The molecule has 0 aromatic carbocycles. The van der Waals surface area contributed by atoms with Gasteiger partial charge >= 0.3 is 0 Å². The Labute approximate surface area is 154 Å². The third-order valence-corrected chi connectivity index (χ3v) is 6.71. The van der Waals surface area contributed by atoms with E-state index in [9.17, 15) is 18.0 Å². The molecule has 0 spiro atoms. The molecular formula is C17H26N4O4S. The van der Waals surface area contributed by atoms with E-state index in [0.717, 1.165) is 0 Å². The van der Waals surface area contributed by atoms with Crippen LogP contribution < -0.4 is 0 Å². The topological polar surface area (TPSA) is 92.6 Å². The van der Waals surface area contributed by atoms with Gasteiger partial charge in [-0.25, -0.2) is 8.42 Å². The van der Waals surface area contributed by atoms with Crippen molar-refractivity contribution in [3.63, 3.8) is 0 Å². The zero-order chi connectivity index (χ0) is 18.9. The van der Waals surface area contributed by atoms with Crippen LogP contribution in [-0.4, -0.2) is 76.5 Å². The average Bonchev–Trinajstić information content (AvgIpc) is 3.16. The Kier molecular flexibility index (Phi) is 5.36. The molecule has 26 heavy (non-hydrogen) atoms. The highest BCUT2D eigenvalue weighted by atomic mass is 32.2. The Balaban J connectivity index is 1.71. The molecule has 0 aliphatic carbocycles. The van der Waals surface area contributed by atoms with E-state index in [2.05, 4.69) is 5.10 Å². The van der Waals surface area contributed by atoms with Crippen molar-refractivity contribution in [1.29, 1.82) is 0 Å². The summed E-state index contributed by atoms with van der Waals surface area (Å²) in [6.07, 6.45) is 4.11. The summed E-state index contributed by atoms with van der Waals surface area (Å²) < 4.78 is 26.1. The molecule has 0 saturated carbocycles. The highest BCUT2D eigenvalue weighted by Crippen LogP contribution is 2.28. The molecule has 8 nitrogen and oxygen atoms in total. The van der Waals surface area contributed by atoms with Gasteiger partial charge in [0, 0.05) is 44.9 Å². The minimum Gasteiger partial charge on any atom is -0.335 e. The van der Waals surface area contributed by atoms with Crippen LogP contribution >= 0.6 is 0 Å². The number of carbonyl (C=O) groups excluding carboxylic acids is 2. The first-order valence-corrected chi connectivity index (χ1v) is 10.9. The van der Waals surface area contributed by atoms with Crippen molar-refractivity contribution < 1.29 is 18.0 Å². The van der Waals surface area contributed by atoms with Gasteiger partial charge in [0.2, 0.25) is 11.8 Å². The minimum absolute atomic E-state index is 0.0178. The lowest BCUT2D eigenvalue weighted by atomic mass is 10.0. The van der Waals surface area contributed by atoms with Crippen molar-refractivity contribution >= 4 is 21.7 Å². The van der Waals surface area contributed by atoms with Gasteiger partial charge in [-0.1, -0.05) is 13.8 Å². The summed E-state index contributed by atoms with van der Waals surface area (Å²) in [5.41, 5.74) is 0. The van der Waals surface area contributed by atoms with E-state index in [1.165, 1.54) is 0 Å². The van der Waals surface area contributed by atoms with Crippen LogP contribution in [0, 0.1) is 5.92 Å². The van der Waals surface area contributed by atoms with Crippen molar-refractivity contribution in [3.05, 3.63) is 18.5 Å². The van der Waals surface area contributed by atoms with E-state index in [1.807, 2.05) is 13.8 Å². The van der Waals surface area contributed by atoms with Crippen LogP contribution in [0.4, 0.5) is 0 Å². The number of rotatable bonds is 5. The summed E-state index contributed by atoms with van der Waals surface area (Å²) >= 11 is 0. The number of aromatic nitrogens is 2. The zero-order valence-corrected chi connectivity index (χ0v) is 16.1. The molecule has 144 valence electrons. The van der Waals surface area contributed by atoms with Gasteiger partial charge in [-0.2, -0.15) is 5.10 Å². The zero-order valence-electron chi connectivity index (χ0n) is 15.2. The fourth-order valence-electron chi connectivity index (χ4n) is 3.83. The molecule has 2 amide bonds. The molecule has 2 fully saturated rings. The van der Waals surface area contributed by atoms with Gasteiger partial charge in [0.1, 0.15) is 0 Å². The molecule has 9 heteroatoms. The number of hydrogen-bond acceptors (Lipinski definition) is 5. The van der Waals surface area contributed by atoms with E-state index in [-0.39, 0.29) is 35.7 Å². The van der Waals surface area contributed by atoms with Crippen molar-refractivity contribution in [3.8, 4) is 0 Å². The van der Waals surface area contributed by atoms with Crippen LogP contribution in [0.25, 0.3) is 0 Å². The molecule has 2 aliphatic rings. The van der Waals surface area contributed by atoms with Crippen LogP contribution in [0.15, 0.2) is 18.5 Å². The predicted octanol–water partition coefficient (Wildman–Crippen LogP) is 0.156. The second-order valence-electron chi connectivity index (χ2n) is 7.50. The number of aryl methyl sites for hydroxylation is 1. The molecule has 3 heterocycles. The fraction of sp³-hybridized carbons (Fsp3) is 0.706. The van der Waals surface area contributed by atoms with Crippen LogP contribution in [0.2, 0.25) is 0 Å². The third kappa shape index (κ3) is 4.08. The molecular weight excluding hydrogens is 356 g/mol. The molecule has 1 aromatic rings. The van der Waals surface area contributed by atoms with Gasteiger partial charge in [0.05, 0.1) is 23.6 Å². The number of piperazine rings is 1. The van der Waals surface area contributed by atoms with E-state index in [0.29, 0.717) is 26.1 Å². The Morgan fingerprint density at radius 3 is 2.27 bits per heavy atom. The van der Waals surface area contributed by atoms with Gasteiger partial charge < -0.3 is 9.80 Å². The average molecular weight is 382 g/mol. The summed E-state index contributed by atoms with van der Waals surface area (Å²) in [5, 5.41) is 4.08. The van der Waals surface area contributed by atoms with Crippen LogP contribution in [0.3, 0.4) is 0 Å². The van der Waals surface area contributed by atoms with E-state index < -0.39 is 21.9 Å². The van der Waals surface area contributed by atoms with E-state index in [1.54, 1.807) is 32.9 Å². The van der Waals surface area contributed by atoms with Crippen LogP contribution in [0.1, 0.15) is 26.7 Å². The minimum atomic E-state index is -3.25. The molecule has 2 saturated heterocycles. The lowest BCUT2D eigenvalue weighted by Crippen LogP contribution is -2.62. The highest BCUT2D eigenvalue weighted by molar-refractivity contribution is 7.91. The highest BCUT2D eigenvalue weighted by Gasteiger charge is 2.49. The molecule has 2 aliphatic heterocycles. The number of fused-ring (bicyclic) bond motifs is 1. The van der Waals surface area contributed by atoms with Crippen molar-refractivity contribution in [2.75, 3.05) is 24.6 Å². The number of carbonyl (C=O) groups is 2. The summed E-state index contributed by atoms with van der Waals surface area (Å²) in [5.74, 6) is 0.00754. The number of sulfone groups is 1. The molecule has 0 unspecified atom stereocenters. The number of amides is 2. The predicted molar refractivity (Wildman–Crippen MR) is 96.0 cm³/mol. The Hall–Kier alpha value is -1.90. The second-order valence-corrected chi connectivity index (χ2v) is 9.66. The fourth-order valence-corrected chi connectivity index (χ4v) is 5.81. The standard InChI is InChI=1S/C17H26N4O4S/c1-13(2)10-17(23)21-9-8-20(14-11-26(24,25)12-15(14)21)16(22)4-7-19-6-3-5-18-19/h3,5-6,13-15H,4,7-12H2,1-2H3/t14-,15+/m1/s1. The van der Waals surface area contributed by atoms with Gasteiger partial charge in [0.15, 0.2) is 9.84 Å². The second kappa shape index (κ2) is 7.38. The maximum atomic E-state index is 12.7. The van der Waals surface area contributed by atoms with Crippen LogP contribution in [-0.2, 0) is 26.0 Å². The SMILES string of the molecule is CC(C)CC(=O)N1CCN(C(=O)CCn2cccn2)[C@@H]2CS(=O)(=O)C[C@@H]21. The van der Waals surface area contributed by atoms with Gasteiger partial charge in [0.25, 0.3) is 0 Å². The maximum absolute atomic E-state index is 12.7. The molecule has 0 N–H and O–H groups in total. The smallest absolute Gasteiger partial charge is 0.224 e. The quantitative estimate of drug-likeness (QED) is 0.723. The lowest BCUT2D eigenvalue weighted by molar-refractivity contribution is -0.146. The van der Waals surface area contributed by atoms with Crippen molar-refractivity contribution in [1.82, 2.24) is 19.6 Å². The lowest BCUT2D eigenvalue weighted by Gasteiger charge is -2.44. The summed E-state index contributed by atoms with van der Waals surface area (Å²) in [4.78, 5) is 28.6. The Morgan fingerprint density at radius 2 is 1.73 bits per heavy atom. The molecule has 2 atom stereocenters. The summed E-state index contributed by atoms with van der Waals surface area (Å²) in [6, 6.07) is 0.937. The molecule has 1 aromatic heterocycles. The van der Waals surface area contributed by atoms with Gasteiger partial charge in [-0.15, -0.1) is 0 Å². The third-order valence-electron chi connectivity index (χ3n) is 5.01.